The van der Waals surface area contributed by atoms with Gasteiger partial charge < -0.3 is 10.6 Å². The largest absolute Gasteiger partial charge is 0.393 e. The van der Waals surface area contributed by atoms with E-state index in [0.29, 0.717) is 17.0 Å². The molecule has 3 aromatic heterocycles. The van der Waals surface area contributed by atoms with Gasteiger partial charge in [0, 0.05) is 31.7 Å². The molecule has 1 unspecified atom stereocenters. The highest BCUT2D eigenvalue weighted by Gasteiger charge is 2.45. The van der Waals surface area contributed by atoms with Gasteiger partial charge in [-0.15, -0.1) is 5.10 Å². The number of fused-ring (bicyclic) bond motifs is 1. The topological polar surface area (TPSA) is 119 Å². The van der Waals surface area contributed by atoms with Crippen LogP contribution < -0.4 is 10.6 Å². The number of aromatic nitrogens is 6. The van der Waals surface area contributed by atoms with Gasteiger partial charge in [-0.2, -0.15) is 18.3 Å². The van der Waals surface area contributed by atoms with Gasteiger partial charge in [-0.3, -0.25) is 9.59 Å². The maximum atomic E-state index is 13.9. The van der Waals surface area contributed by atoms with Crippen LogP contribution in [0.4, 0.5) is 26.3 Å². The highest BCUT2D eigenvalue weighted by Crippen LogP contribution is 2.41. The molecular formula is C25H28F6N8O2. The Labute approximate surface area is 229 Å². The molecule has 3 atom stereocenters. The van der Waals surface area contributed by atoms with Gasteiger partial charge in [0.1, 0.15) is 12.4 Å². The van der Waals surface area contributed by atoms with Crippen LogP contribution in [0.15, 0.2) is 24.5 Å². The Morgan fingerprint density at radius 3 is 2.68 bits per heavy atom. The Balaban J connectivity index is 1.39. The SMILES string of the molecule is O=C(N[C@H](c1cn2nc(CC3C[C@@H](C(F)(F)F)CNC3=O)ccc2n1)C1CCC(F)(F)CC1)c1cnnn1CCF. The number of amides is 2. The maximum absolute atomic E-state index is 13.9. The van der Waals surface area contributed by atoms with Crippen LogP contribution in [0, 0.1) is 17.8 Å². The van der Waals surface area contributed by atoms with Crippen molar-refractivity contribution >= 4 is 17.5 Å². The van der Waals surface area contributed by atoms with Crippen molar-refractivity contribution in [2.75, 3.05) is 13.2 Å². The Hall–Kier alpha value is -3.72. The summed E-state index contributed by atoms with van der Waals surface area (Å²) in [6.07, 6.45) is -2.58. The van der Waals surface area contributed by atoms with E-state index in [-0.39, 0.29) is 50.8 Å². The molecule has 4 heterocycles. The minimum absolute atomic E-state index is 0.000819. The fourth-order valence-corrected chi connectivity index (χ4v) is 5.50. The number of nitrogens with one attached hydrogen (secondary N) is 2. The second-order valence-corrected chi connectivity index (χ2v) is 10.6. The number of halogens is 6. The molecule has 222 valence electrons. The van der Waals surface area contributed by atoms with Gasteiger partial charge in [0.15, 0.2) is 5.65 Å². The number of alkyl halides is 6. The summed E-state index contributed by atoms with van der Waals surface area (Å²) in [6.45, 7) is -1.42. The van der Waals surface area contributed by atoms with E-state index < -0.39 is 60.9 Å². The molecule has 41 heavy (non-hydrogen) atoms. The summed E-state index contributed by atoms with van der Waals surface area (Å²) in [6, 6.07) is 2.35. The molecule has 1 aliphatic heterocycles. The Kier molecular flexibility index (Phi) is 7.92. The molecule has 1 aliphatic carbocycles. The van der Waals surface area contributed by atoms with Crippen LogP contribution in [0.25, 0.3) is 5.65 Å². The molecule has 1 saturated carbocycles. The predicted molar refractivity (Wildman–Crippen MR) is 130 cm³/mol. The molecule has 2 fully saturated rings. The van der Waals surface area contributed by atoms with Gasteiger partial charge in [-0.1, -0.05) is 5.21 Å². The average molecular weight is 587 g/mol. The number of hydrogen-bond donors (Lipinski definition) is 2. The highest BCUT2D eigenvalue weighted by atomic mass is 19.4. The molecule has 3 aromatic rings. The molecule has 0 aromatic carbocycles. The normalized spacial score (nSPS) is 22.4. The van der Waals surface area contributed by atoms with E-state index in [4.69, 9.17) is 0 Å². The number of carbonyl (C=O) groups excluding carboxylic acids is 2. The molecule has 5 rings (SSSR count). The Bertz CT molecular complexity index is 1400. The maximum Gasteiger partial charge on any atom is 0.393 e. The predicted octanol–water partition coefficient (Wildman–Crippen LogP) is 3.44. The summed E-state index contributed by atoms with van der Waals surface area (Å²) in [4.78, 5) is 29.9. The fourth-order valence-electron chi connectivity index (χ4n) is 5.50. The lowest BCUT2D eigenvalue weighted by Crippen LogP contribution is -2.47. The quantitative estimate of drug-likeness (QED) is 0.391. The first kappa shape index (κ1) is 28.8. The smallest absolute Gasteiger partial charge is 0.355 e. The molecule has 0 spiro atoms. The summed E-state index contributed by atoms with van der Waals surface area (Å²) in [5.41, 5.74) is 1.06. The van der Waals surface area contributed by atoms with E-state index >= 15 is 0 Å². The van der Waals surface area contributed by atoms with Crippen LogP contribution in [-0.4, -0.2) is 66.7 Å². The van der Waals surface area contributed by atoms with E-state index in [0.717, 1.165) is 4.68 Å². The highest BCUT2D eigenvalue weighted by molar-refractivity contribution is 5.92. The van der Waals surface area contributed by atoms with Crippen LogP contribution in [0.3, 0.4) is 0 Å². The van der Waals surface area contributed by atoms with Gasteiger partial charge in [-0.25, -0.2) is 27.4 Å². The minimum atomic E-state index is -4.43. The third-order valence-corrected chi connectivity index (χ3v) is 7.76. The first-order valence-electron chi connectivity index (χ1n) is 13.3. The fraction of sp³-hybridized carbons (Fsp3) is 0.600. The van der Waals surface area contributed by atoms with E-state index in [1.165, 1.54) is 16.9 Å². The lowest BCUT2D eigenvalue weighted by Gasteiger charge is -2.33. The minimum Gasteiger partial charge on any atom is -0.355 e. The van der Waals surface area contributed by atoms with Crippen molar-refractivity contribution in [3.63, 3.8) is 0 Å². The zero-order chi connectivity index (χ0) is 29.4. The van der Waals surface area contributed by atoms with Crippen LogP contribution in [-0.2, 0) is 17.8 Å². The molecular weight excluding hydrogens is 558 g/mol. The van der Waals surface area contributed by atoms with Gasteiger partial charge in [0.05, 0.1) is 42.3 Å². The van der Waals surface area contributed by atoms with Crippen molar-refractivity contribution in [3.8, 4) is 0 Å². The van der Waals surface area contributed by atoms with Crippen molar-refractivity contribution in [1.82, 2.24) is 40.2 Å². The van der Waals surface area contributed by atoms with Gasteiger partial charge in [0.25, 0.3) is 5.91 Å². The Morgan fingerprint density at radius 2 is 1.98 bits per heavy atom. The lowest BCUT2D eigenvalue weighted by atomic mass is 9.81. The molecule has 2 aliphatic rings. The number of hydrogen-bond acceptors (Lipinski definition) is 6. The number of piperidine rings is 1. The van der Waals surface area contributed by atoms with Crippen LogP contribution in [0.1, 0.15) is 60.0 Å². The second-order valence-electron chi connectivity index (χ2n) is 10.6. The van der Waals surface area contributed by atoms with E-state index in [1.54, 1.807) is 12.1 Å². The lowest BCUT2D eigenvalue weighted by molar-refractivity contribution is -0.183. The van der Waals surface area contributed by atoms with E-state index in [1.807, 2.05) is 0 Å². The van der Waals surface area contributed by atoms with Gasteiger partial charge >= 0.3 is 6.18 Å². The number of nitrogens with zero attached hydrogens (tertiary/aromatic N) is 6. The van der Waals surface area contributed by atoms with Crippen LogP contribution in [0.5, 0.6) is 0 Å². The second kappa shape index (κ2) is 11.3. The molecule has 0 radical (unpaired) electrons. The molecule has 1 saturated heterocycles. The zero-order valence-electron chi connectivity index (χ0n) is 21.8. The molecule has 10 nitrogen and oxygen atoms in total. The van der Waals surface area contributed by atoms with Crippen molar-refractivity contribution < 1.29 is 35.9 Å². The van der Waals surface area contributed by atoms with E-state index in [9.17, 15) is 35.9 Å². The third-order valence-electron chi connectivity index (χ3n) is 7.76. The van der Waals surface area contributed by atoms with Gasteiger partial charge in [0.2, 0.25) is 11.8 Å². The number of aryl methyl sites for hydroxylation is 1. The zero-order valence-corrected chi connectivity index (χ0v) is 21.8. The van der Waals surface area contributed by atoms with Crippen molar-refractivity contribution in [2.24, 2.45) is 17.8 Å². The van der Waals surface area contributed by atoms with Crippen LogP contribution >= 0.6 is 0 Å². The number of carbonyl (C=O) groups is 2. The third kappa shape index (κ3) is 6.45. The molecule has 2 N–H and O–H groups in total. The van der Waals surface area contributed by atoms with Crippen LogP contribution in [0.2, 0.25) is 0 Å². The summed E-state index contributed by atoms with van der Waals surface area (Å²) in [5, 5.41) is 16.9. The molecule has 16 heteroatoms. The standard InChI is InChI=1S/C25H28F6N8O2/c26-7-8-38-19(12-33-37-38)23(41)35-21(14-3-5-24(27,28)6-4-14)18-13-39-20(34-18)2-1-17(36-39)10-15-9-16(25(29,30)31)11-32-22(15)40/h1-2,12-16,21H,3-11H2,(H,32,40)(H,35,41)/t15?,16-,21+/m1/s1. The van der Waals surface area contributed by atoms with Crippen molar-refractivity contribution in [2.45, 2.75) is 63.2 Å². The van der Waals surface area contributed by atoms with Gasteiger partial charge in [-0.05, 0) is 37.3 Å². The van der Waals surface area contributed by atoms with Crippen molar-refractivity contribution in [3.05, 3.63) is 41.6 Å². The Morgan fingerprint density at radius 1 is 1.22 bits per heavy atom. The monoisotopic (exact) mass is 586 g/mol. The van der Waals surface area contributed by atoms with E-state index in [2.05, 4.69) is 31.0 Å². The molecule has 0 bridgehead atoms. The summed E-state index contributed by atoms with van der Waals surface area (Å²) in [7, 11) is 0. The van der Waals surface area contributed by atoms with Crippen molar-refractivity contribution in [1.29, 1.82) is 0 Å². The number of rotatable bonds is 8. The summed E-state index contributed by atoms with van der Waals surface area (Å²) >= 11 is 0. The molecule has 2 amide bonds. The summed E-state index contributed by atoms with van der Waals surface area (Å²) in [5.74, 6) is -6.85. The first-order valence-corrected chi connectivity index (χ1v) is 13.3. The average Bonchev–Trinajstić information content (AvgIpc) is 3.55. The summed E-state index contributed by atoms with van der Waals surface area (Å²) < 4.78 is 82.9. The number of imidazole rings is 1. The first-order chi connectivity index (χ1) is 19.4.